The minimum absolute atomic E-state index is 0.0349. The fraction of sp³-hybridized carbons (Fsp3) is 0.778. The Morgan fingerprint density at radius 1 is 1.41 bits per heavy atom. The fourth-order valence-corrected chi connectivity index (χ4v) is 4.99. The lowest BCUT2D eigenvalue weighted by molar-refractivity contribution is 0.583. The molecule has 0 aliphatic carbocycles. The summed E-state index contributed by atoms with van der Waals surface area (Å²) in [5.41, 5.74) is 0. The van der Waals surface area contributed by atoms with Crippen molar-refractivity contribution in [3.05, 3.63) is 0 Å². The van der Waals surface area contributed by atoms with E-state index in [2.05, 4.69) is 10.2 Å². The molecule has 0 amide bonds. The summed E-state index contributed by atoms with van der Waals surface area (Å²) >= 11 is -0.314. The molecule has 0 aliphatic rings. The number of aromatic nitrogens is 2. The van der Waals surface area contributed by atoms with Crippen molar-refractivity contribution >= 4 is 32.3 Å². The summed E-state index contributed by atoms with van der Waals surface area (Å²) in [5.74, 6) is 0.507. The minimum atomic E-state index is -3.40. The van der Waals surface area contributed by atoms with Crippen molar-refractivity contribution in [2.24, 2.45) is 0 Å². The minimum Gasteiger partial charge on any atom is -0.610 e. The molecule has 0 aliphatic heterocycles. The fourth-order valence-electron chi connectivity index (χ4n) is 0.969. The molecule has 0 fully saturated rings. The molecule has 1 aromatic rings. The molecule has 5 nitrogen and oxygen atoms in total. The van der Waals surface area contributed by atoms with Crippen LogP contribution in [-0.2, 0) is 21.0 Å². The molecule has 1 aromatic heterocycles. The lowest BCUT2D eigenvalue weighted by Gasteiger charge is -2.04. The molecule has 0 spiro atoms. The number of sulfone groups is 1. The molecule has 0 saturated heterocycles. The van der Waals surface area contributed by atoms with E-state index in [0.717, 1.165) is 24.2 Å². The van der Waals surface area contributed by atoms with Gasteiger partial charge in [-0.15, -0.1) is 5.10 Å². The molecular formula is C9H16N2O3S3. The largest absolute Gasteiger partial charge is 0.610 e. The molecule has 0 bridgehead atoms. The summed E-state index contributed by atoms with van der Waals surface area (Å²) in [7, 11) is -3.40. The Morgan fingerprint density at radius 2 is 2.06 bits per heavy atom. The third kappa shape index (κ3) is 3.64. The van der Waals surface area contributed by atoms with Crippen molar-refractivity contribution in [3.8, 4) is 0 Å². The van der Waals surface area contributed by atoms with Crippen LogP contribution in [0.15, 0.2) is 8.68 Å². The molecule has 1 unspecified atom stereocenters. The van der Waals surface area contributed by atoms with Crippen molar-refractivity contribution in [3.63, 3.8) is 0 Å². The first-order chi connectivity index (χ1) is 7.89. The summed E-state index contributed by atoms with van der Waals surface area (Å²) in [5, 5.41) is 6.80. The highest BCUT2D eigenvalue weighted by atomic mass is 32.3. The third-order valence-corrected chi connectivity index (χ3v) is 7.34. The van der Waals surface area contributed by atoms with Crippen LogP contribution in [0.25, 0.3) is 0 Å². The van der Waals surface area contributed by atoms with E-state index >= 15 is 0 Å². The quantitative estimate of drug-likeness (QED) is 0.745. The SMILES string of the molecule is CCCC[S+]([O-])c1nnc(S(=O)(=O)C(C)C)s1. The van der Waals surface area contributed by atoms with Crippen LogP contribution < -0.4 is 0 Å². The van der Waals surface area contributed by atoms with Gasteiger partial charge in [0.05, 0.1) is 5.25 Å². The van der Waals surface area contributed by atoms with Gasteiger partial charge in [-0.2, -0.15) is 0 Å². The summed E-state index contributed by atoms with van der Waals surface area (Å²) in [6, 6.07) is 0. The zero-order chi connectivity index (χ0) is 13.1. The molecule has 0 N–H and O–H groups in total. The normalized spacial score (nSPS) is 14.2. The topological polar surface area (TPSA) is 83.0 Å². The number of rotatable bonds is 6. The molecule has 0 radical (unpaired) electrons. The summed E-state index contributed by atoms with van der Waals surface area (Å²) < 4.78 is 35.6. The van der Waals surface area contributed by atoms with Crippen LogP contribution in [0, 0.1) is 0 Å². The van der Waals surface area contributed by atoms with Gasteiger partial charge in [-0.05, 0) is 31.6 Å². The number of hydrogen-bond donors (Lipinski definition) is 0. The second kappa shape index (κ2) is 6.12. The second-order valence-electron chi connectivity index (χ2n) is 3.83. The van der Waals surface area contributed by atoms with Crippen LogP contribution >= 0.6 is 11.3 Å². The molecule has 17 heavy (non-hydrogen) atoms. The van der Waals surface area contributed by atoms with Crippen LogP contribution in [0.1, 0.15) is 33.6 Å². The van der Waals surface area contributed by atoms with E-state index in [1.807, 2.05) is 6.92 Å². The predicted octanol–water partition coefficient (Wildman–Crippen LogP) is 1.63. The van der Waals surface area contributed by atoms with Crippen molar-refractivity contribution in [1.82, 2.24) is 10.2 Å². The Hall–Kier alpha value is -0.180. The van der Waals surface area contributed by atoms with Gasteiger partial charge in [-0.25, -0.2) is 8.42 Å². The van der Waals surface area contributed by atoms with E-state index in [1.165, 1.54) is 0 Å². The lowest BCUT2D eigenvalue weighted by Crippen LogP contribution is -2.13. The third-order valence-electron chi connectivity index (χ3n) is 2.13. The molecule has 8 heteroatoms. The van der Waals surface area contributed by atoms with E-state index in [4.69, 9.17) is 0 Å². The van der Waals surface area contributed by atoms with Gasteiger partial charge in [0.15, 0.2) is 0 Å². The molecule has 1 atom stereocenters. The van der Waals surface area contributed by atoms with Crippen molar-refractivity contribution in [2.45, 2.75) is 47.5 Å². The number of nitrogens with zero attached hydrogens (tertiary/aromatic N) is 2. The Labute approximate surface area is 109 Å². The Balaban J connectivity index is 2.85. The predicted molar refractivity (Wildman–Crippen MR) is 68.4 cm³/mol. The van der Waals surface area contributed by atoms with Crippen LogP contribution in [0.4, 0.5) is 0 Å². The van der Waals surface area contributed by atoms with Crippen molar-refractivity contribution in [1.29, 1.82) is 0 Å². The average Bonchev–Trinajstić information content (AvgIpc) is 2.75. The molecule has 0 saturated carbocycles. The van der Waals surface area contributed by atoms with E-state index in [1.54, 1.807) is 13.8 Å². The molecule has 98 valence electrons. The highest BCUT2D eigenvalue weighted by Gasteiger charge is 2.27. The highest BCUT2D eigenvalue weighted by molar-refractivity contribution is 7.96. The van der Waals surface area contributed by atoms with Gasteiger partial charge in [0, 0.05) is 11.2 Å². The van der Waals surface area contributed by atoms with Gasteiger partial charge in [0.2, 0.25) is 14.2 Å². The zero-order valence-corrected chi connectivity index (χ0v) is 12.5. The van der Waals surface area contributed by atoms with Gasteiger partial charge in [0.25, 0.3) is 0 Å². The number of unbranched alkanes of at least 4 members (excludes halogenated alkanes) is 1. The van der Waals surface area contributed by atoms with Crippen LogP contribution in [0.5, 0.6) is 0 Å². The van der Waals surface area contributed by atoms with E-state index in [9.17, 15) is 13.0 Å². The van der Waals surface area contributed by atoms with Gasteiger partial charge in [-0.1, -0.05) is 18.4 Å². The van der Waals surface area contributed by atoms with E-state index in [0.29, 0.717) is 10.1 Å². The highest BCUT2D eigenvalue weighted by Crippen LogP contribution is 2.24. The second-order valence-corrected chi connectivity index (χ2v) is 9.23. The maximum atomic E-state index is 11.8. The van der Waals surface area contributed by atoms with Crippen LogP contribution in [0.2, 0.25) is 0 Å². The van der Waals surface area contributed by atoms with Crippen molar-refractivity contribution in [2.75, 3.05) is 5.75 Å². The maximum absolute atomic E-state index is 11.8. The summed E-state index contributed by atoms with van der Waals surface area (Å²) in [6.45, 7) is 5.18. The summed E-state index contributed by atoms with van der Waals surface area (Å²) in [6.07, 6.45) is 1.78. The van der Waals surface area contributed by atoms with E-state index < -0.39 is 26.3 Å². The average molecular weight is 296 g/mol. The first-order valence-electron chi connectivity index (χ1n) is 5.35. The first-order valence-corrected chi connectivity index (χ1v) is 9.03. The molecule has 1 heterocycles. The first kappa shape index (κ1) is 14.9. The van der Waals surface area contributed by atoms with Crippen LogP contribution in [0.3, 0.4) is 0 Å². The van der Waals surface area contributed by atoms with Gasteiger partial charge in [0.1, 0.15) is 5.75 Å². The van der Waals surface area contributed by atoms with Gasteiger partial charge < -0.3 is 4.55 Å². The Morgan fingerprint density at radius 3 is 2.59 bits per heavy atom. The van der Waals surface area contributed by atoms with Crippen molar-refractivity contribution < 1.29 is 13.0 Å². The van der Waals surface area contributed by atoms with Crippen LogP contribution in [-0.4, -0.2) is 34.2 Å². The molecule has 0 aromatic carbocycles. The monoisotopic (exact) mass is 296 g/mol. The van der Waals surface area contributed by atoms with Gasteiger partial charge in [-0.3, -0.25) is 0 Å². The molecular weight excluding hydrogens is 280 g/mol. The zero-order valence-electron chi connectivity index (χ0n) is 10.0. The lowest BCUT2D eigenvalue weighted by atomic mass is 10.4. The standard InChI is InChI=1S/C9H16N2O3S3/c1-4-5-6-16(12)8-10-11-9(15-8)17(13,14)7(2)3/h7H,4-6H2,1-3H3. The number of hydrogen-bond acceptors (Lipinski definition) is 6. The Kier molecular flexibility index (Phi) is 5.36. The molecule has 1 rings (SSSR count). The smallest absolute Gasteiger partial charge is 0.322 e. The maximum Gasteiger partial charge on any atom is 0.322 e. The Bertz CT molecular complexity index is 456. The summed E-state index contributed by atoms with van der Waals surface area (Å²) in [4.78, 5) is 0. The van der Waals surface area contributed by atoms with E-state index in [-0.39, 0.29) is 4.34 Å². The van der Waals surface area contributed by atoms with Gasteiger partial charge >= 0.3 is 4.34 Å².